The Kier molecular flexibility index (Phi) is 6.15. The second-order valence-corrected chi connectivity index (χ2v) is 8.44. The summed E-state index contributed by atoms with van der Waals surface area (Å²) in [6.07, 6.45) is -2.36. The monoisotopic (exact) mass is 427 g/mol. The zero-order chi connectivity index (χ0) is 21.1. The predicted octanol–water partition coefficient (Wildman–Crippen LogP) is 3.29. The molecule has 0 bridgehead atoms. The number of hydrogen-bond donors (Lipinski definition) is 2. The van der Waals surface area contributed by atoms with Gasteiger partial charge >= 0.3 is 6.18 Å². The van der Waals surface area contributed by atoms with E-state index < -0.39 is 21.8 Å². The maximum atomic E-state index is 12.7. The molecule has 3 N–H and O–H groups in total. The molecule has 0 aromatic heterocycles. The van der Waals surface area contributed by atoms with Gasteiger partial charge in [0.1, 0.15) is 0 Å². The van der Waals surface area contributed by atoms with E-state index in [4.69, 9.17) is 10.6 Å². The van der Waals surface area contributed by atoms with E-state index in [1.807, 2.05) is 0 Å². The second-order valence-electron chi connectivity index (χ2n) is 6.50. The highest BCUT2D eigenvalue weighted by molar-refractivity contribution is 7.89. The van der Waals surface area contributed by atoms with Gasteiger partial charge in [-0.15, -0.1) is 0 Å². The largest absolute Gasteiger partial charge is 0.416 e. The van der Waals surface area contributed by atoms with Crippen LogP contribution in [0.4, 0.5) is 18.9 Å². The Hall–Kier alpha value is -2.56. The Morgan fingerprint density at radius 2 is 1.90 bits per heavy atom. The molecule has 0 amide bonds. The highest BCUT2D eigenvalue weighted by Crippen LogP contribution is 2.29. The van der Waals surface area contributed by atoms with Crippen LogP contribution in [0.5, 0.6) is 0 Å². The summed E-state index contributed by atoms with van der Waals surface area (Å²) in [4.78, 5) is 5.41. The smallest absolute Gasteiger partial charge is 0.399 e. The Balaban J connectivity index is 1.55. The van der Waals surface area contributed by atoms with Crippen molar-refractivity contribution in [3.8, 4) is 0 Å². The molecule has 0 spiro atoms. The van der Waals surface area contributed by atoms with E-state index in [9.17, 15) is 21.6 Å². The van der Waals surface area contributed by atoms with Gasteiger partial charge in [-0.1, -0.05) is 18.2 Å². The van der Waals surface area contributed by atoms with Crippen LogP contribution in [0.15, 0.2) is 65.2 Å². The number of alkyl halides is 3. The van der Waals surface area contributed by atoms with Crippen molar-refractivity contribution in [3.05, 3.63) is 71.4 Å². The summed E-state index contributed by atoms with van der Waals surface area (Å²) in [5, 5.41) is 0. The summed E-state index contributed by atoms with van der Waals surface area (Å²) in [6.45, 7) is 0.321. The third-order valence-corrected chi connectivity index (χ3v) is 6.23. The average molecular weight is 427 g/mol. The van der Waals surface area contributed by atoms with Crippen molar-refractivity contribution in [2.75, 3.05) is 18.8 Å². The first-order chi connectivity index (χ1) is 13.7. The van der Waals surface area contributed by atoms with Gasteiger partial charge in [0.05, 0.1) is 17.1 Å². The quantitative estimate of drug-likeness (QED) is 0.546. The molecule has 0 atom stereocenters. The van der Waals surface area contributed by atoms with E-state index in [2.05, 4.69) is 5.48 Å². The maximum absolute atomic E-state index is 12.7. The van der Waals surface area contributed by atoms with Crippen LogP contribution >= 0.6 is 0 Å². The van der Waals surface area contributed by atoms with Crippen LogP contribution in [-0.4, -0.2) is 25.8 Å². The van der Waals surface area contributed by atoms with Crippen molar-refractivity contribution in [1.82, 2.24) is 9.79 Å². The Morgan fingerprint density at radius 3 is 2.55 bits per heavy atom. The van der Waals surface area contributed by atoms with Gasteiger partial charge in [0.2, 0.25) is 10.0 Å². The second kappa shape index (κ2) is 8.44. The molecule has 0 saturated carbocycles. The summed E-state index contributed by atoms with van der Waals surface area (Å²) >= 11 is 0. The SMILES string of the molecule is Nc1cccc(S(=O)(=O)N2CC=C(NOCc3cccc(C(F)(F)F)c3)CC2)c1. The fraction of sp³-hybridized carbons (Fsp3) is 0.263. The van der Waals surface area contributed by atoms with E-state index in [-0.39, 0.29) is 24.6 Å². The van der Waals surface area contributed by atoms with Crippen molar-refractivity contribution in [2.45, 2.75) is 24.1 Å². The summed E-state index contributed by atoms with van der Waals surface area (Å²) in [5.74, 6) is 0. The van der Waals surface area contributed by atoms with Gasteiger partial charge in [0.25, 0.3) is 0 Å². The third-order valence-electron chi connectivity index (χ3n) is 4.36. The normalized spacial score (nSPS) is 15.8. The first-order valence-corrected chi connectivity index (χ1v) is 10.2. The first-order valence-electron chi connectivity index (χ1n) is 8.75. The molecule has 156 valence electrons. The molecule has 0 fully saturated rings. The molecule has 2 aromatic carbocycles. The number of benzene rings is 2. The van der Waals surface area contributed by atoms with Crippen molar-refractivity contribution < 1.29 is 26.4 Å². The molecule has 2 aromatic rings. The number of nitrogens with two attached hydrogens (primary N) is 1. The summed E-state index contributed by atoms with van der Waals surface area (Å²) in [7, 11) is -3.66. The summed E-state index contributed by atoms with van der Waals surface area (Å²) < 4.78 is 64.8. The van der Waals surface area contributed by atoms with Crippen molar-refractivity contribution in [1.29, 1.82) is 0 Å². The van der Waals surface area contributed by atoms with Crippen LogP contribution in [0.3, 0.4) is 0 Å². The summed E-state index contributed by atoms with van der Waals surface area (Å²) in [5.41, 5.74) is 9.01. The minimum absolute atomic E-state index is 0.0629. The Morgan fingerprint density at radius 1 is 1.14 bits per heavy atom. The molecular formula is C19H20F3N3O3S. The van der Waals surface area contributed by atoms with E-state index in [0.717, 1.165) is 12.1 Å². The number of anilines is 1. The molecule has 29 heavy (non-hydrogen) atoms. The van der Waals surface area contributed by atoms with Crippen molar-refractivity contribution >= 4 is 15.7 Å². The van der Waals surface area contributed by atoms with Gasteiger partial charge in [-0.3, -0.25) is 10.3 Å². The average Bonchev–Trinajstić information content (AvgIpc) is 2.68. The predicted molar refractivity (Wildman–Crippen MR) is 102 cm³/mol. The molecular weight excluding hydrogens is 407 g/mol. The molecule has 0 saturated heterocycles. The number of sulfonamides is 1. The van der Waals surface area contributed by atoms with Gasteiger partial charge in [-0.05, 0) is 42.0 Å². The molecule has 10 heteroatoms. The summed E-state index contributed by atoms with van der Waals surface area (Å²) in [6, 6.07) is 11.0. The molecule has 1 aliphatic heterocycles. The number of nitrogen functional groups attached to an aromatic ring is 1. The Bertz CT molecular complexity index is 1010. The fourth-order valence-electron chi connectivity index (χ4n) is 2.84. The zero-order valence-electron chi connectivity index (χ0n) is 15.3. The van der Waals surface area contributed by atoms with Crippen LogP contribution in [0, 0.1) is 0 Å². The lowest BCUT2D eigenvalue weighted by molar-refractivity contribution is -0.137. The minimum atomic E-state index is -4.41. The van der Waals surface area contributed by atoms with E-state index in [0.29, 0.717) is 23.4 Å². The lowest BCUT2D eigenvalue weighted by Gasteiger charge is -2.26. The van der Waals surface area contributed by atoms with Gasteiger partial charge in [-0.25, -0.2) is 8.42 Å². The van der Waals surface area contributed by atoms with Gasteiger partial charge < -0.3 is 5.73 Å². The lowest BCUT2D eigenvalue weighted by atomic mass is 10.1. The van der Waals surface area contributed by atoms with Crippen LogP contribution in [0.25, 0.3) is 0 Å². The number of hydrogen-bond acceptors (Lipinski definition) is 5. The molecule has 6 nitrogen and oxygen atoms in total. The topological polar surface area (TPSA) is 84.7 Å². The van der Waals surface area contributed by atoms with Crippen LogP contribution in [-0.2, 0) is 27.6 Å². The van der Waals surface area contributed by atoms with Crippen LogP contribution in [0.1, 0.15) is 17.5 Å². The number of hydroxylamine groups is 1. The first kappa shape index (κ1) is 21.2. The van der Waals surface area contributed by atoms with E-state index in [1.54, 1.807) is 18.2 Å². The molecule has 0 unspecified atom stereocenters. The number of halogens is 3. The number of rotatable bonds is 6. The molecule has 0 aliphatic carbocycles. The van der Waals surface area contributed by atoms with Crippen LogP contribution in [0.2, 0.25) is 0 Å². The highest BCUT2D eigenvalue weighted by atomic mass is 32.2. The van der Waals surface area contributed by atoms with Crippen LogP contribution < -0.4 is 11.2 Å². The lowest BCUT2D eigenvalue weighted by Crippen LogP contribution is -2.36. The molecule has 1 heterocycles. The third kappa shape index (κ3) is 5.28. The standard InChI is InChI=1S/C19H20F3N3O3S/c20-19(21,22)15-4-1-3-14(11-15)13-28-24-17-7-9-25(10-8-17)29(26,27)18-6-2-5-16(23)12-18/h1-7,11-12,24H,8-10,13,23H2. The van der Waals surface area contributed by atoms with Gasteiger partial charge in [-0.2, -0.15) is 17.5 Å². The maximum Gasteiger partial charge on any atom is 0.416 e. The van der Waals surface area contributed by atoms with E-state index >= 15 is 0 Å². The molecule has 3 rings (SSSR count). The minimum Gasteiger partial charge on any atom is -0.399 e. The highest BCUT2D eigenvalue weighted by Gasteiger charge is 2.30. The van der Waals surface area contributed by atoms with E-state index in [1.165, 1.54) is 28.6 Å². The zero-order valence-corrected chi connectivity index (χ0v) is 16.1. The molecule has 0 radical (unpaired) electrons. The van der Waals surface area contributed by atoms with Gasteiger partial charge in [0.15, 0.2) is 0 Å². The number of nitrogens with zero attached hydrogens (tertiary/aromatic N) is 1. The fourth-order valence-corrected chi connectivity index (χ4v) is 4.27. The van der Waals surface area contributed by atoms with Crippen molar-refractivity contribution in [2.24, 2.45) is 0 Å². The number of nitrogens with one attached hydrogen (secondary N) is 1. The van der Waals surface area contributed by atoms with Gasteiger partial charge in [0, 0.05) is 30.9 Å². The Labute approximate surface area is 166 Å². The van der Waals surface area contributed by atoms with Crippen molar-refractivity contribution in [3.63, 3.8) is 0 Å². The molecule has 1 aliphatic rings.